The van der Waals surface area contributed by atoms with Crippen molar-refractivity contribution >= 4 is 17.6 Å². The normalized spacial score (nSPS) is 12.4. The van der Waals surface area contributed by atoms with E-state index in [4.69, 9.17) is 0 Å². The zero-order valence-corrected chi connectivity index (χ0v) is 14.9. The molecule has 0 saturated heterocycles. The van der Waals surface area contributed by atoms with Crippen molar-refractivity contribution in [3.63, 3.8) is 0 Å². The number of hydrogen-bond acceptors (Lipinski definition) is 1. The van der Waals surface area contributed by atoms with Gasteiger partial charge in [0.05, 0.1) is 0 Å². The second kappa shape index (κ2) is 8.82. The highest BCUT2D eigenvalue weighted by Gasteiger charge is 2.13. The molecule has 0 spiro atoms. The van der Waals surface area contributed by atoms with Gasteiger partial charge in [-0.15, -0.1) is 0 Å². The van der Waals surface area contributed by atoms with E-state index in [2.05, 4.69) is 24.4 Å². The van der Waals surface area contributed by atoms with Crippen LogP contribution < -0.4 is 5.32 Å². The lowest BCUT2D eigenvalue weighted by Crippen LogP contribution is -2.28. The molecule has 1 N–H and O–H groups in total. The number of carbonyl (C=O) groups is 1. The SMILES string of the molecule is C[C@H](CNC(=O)/C(=C/c1ccccc1)c1ccccc1)c1ccccc1. The van der Waals surface area contributed by atoms with E-state index >= 15 is 0 Å². The molecule has 1 amide bonds. The Balaban J connectivity index is 1.78. The Morgan fingerprint density at radius 3 is 2.00 bits per heavy atom. The number of rotatable bonds is 6. The number of nitrogens with one attached hydrogen (secondary N) is 1. The zero-order chi connectivity index (χ0) is 18.2. The summed E-state index contributed by atoms with van der Waals surface area (Å²) in [5, 5.41) is 3.09. The molecule has 130 valence electrons. The van der Waals surface area contributed by atoms with E-state index in [0.717, 1.165) is 11.1 Å². The van der Waals surface area contributed by atoms with Gasteiger partial charge >= 0.3 is 0 Å². The first-order chi connectivity index (χ1) is 12.7. The molecule has 0 radical (unpaired) electrons. The summed E-state index contributed by atoms with van der Waals surface area (Å²) in [6, 6.07) is 30.0. The van der Waals surface area contributed by atoms with Crippen molar-refractivity contribution in [1.82, 2.24) is 5.32 Å². The molecule has 0 aliphatic heterocycles. The van der Waals surface area contributed by atoms with Crippen LogP contribution in [0.3, 0.4) is 0 Å². The minimum Gasteiger partial charge on any atom is -0.351 e. The van der Waals surface area contributed by atoms with Crippen molar-refractivity contribution in [2.45, 2.75) is 12.8 Å². The minimum absolute atomic E-state index is 0.0529. The summed E-state index contributed by atoms with van der Waals surface area (Å²) in [7, 11) is 0. The van der Waals surface area contributed by atoms with Gasteiger partial charge < -0.3 is 5.32 Å². The Morgan fingerprint density at radius 1 is 0.846 bits per heavy atom. The Hall–Kier alpha value is -3.13. The average Bonchev–Trinajstić information content (AvgIpc) is 2.72. The topological polar surface area (TPSA) is 29.1 Å². The smallest absolute Gasteiger partial charge is 0.251 e. The summed E-state index contributed by atoms with van der Waals surface area (Å²) in [6.07, 6.45) is 1.94. The van der Waals surface area contributed by atoms with Crippen molar-refractivity contribution in [3.8, 4) is 0 Å². The van der Waals surface area contributed by atoms with Gasteiger partial charge in [0.2, 0.25) is 0 Å². The molecule has 1 atom stereocenters. The first kappa shape index (κ1) is 17.7. The van der Waals surface area contributed by atoms with Crippen LogP contribution in [0.5, 0.6) is 0 Å². The largest absolute Gasteiger partial charge is 0.351 e. The average molecular weight is 341 g/mol. The third kappa shape index (κ3) is 4.70. The third-order valence-corrected chi connectivity index (χ3v) is 4.38. The Bertz CT molecular complexity index is 854. The maximum absolute atomic E-state index is 12.9. The van der Waals surface area contributed by atoms with Crippen LogP contribution in [-0.4, -0.2) is 12.5 Å². The van der Waals surface area contributed by atoms with Crippen molar-refractivity contribution in [3.05, 3.63) is 108 Å². The maximum atomic E-state index is 12.9. The van der Waals surface area contributed by atoms with Gasteiger partial charge in [-0.2, -0.15) is 0 Å². The molecular weight excluding hydrogens is 318 g/mol. The van der Waals surface area contributed by atoms with Crippen molar-refractivity contribution in [2.24, 2.45) is 0 Å². The predicted molar refractivity (Wildman–Crippen MR) is 109 cm³/mol. The van der Waals surface area contributed by atoms with Crippen LogP contribution in [0.2, 0.25) is 0 Å². The molecule has 0 heterocycles. The predicted octanol–water partition coefficient (Wildman–Crippen LogP) is 5.15. The third-order valence-electron chi connectivity index (χ3n) is 4.38. The number of amides is 1. The number of hydrogen-bond donors (Lipinski definition) is 1. The van der Waals surface area contributed by atoms with Crippen LogP contribution in [0.15, 0.2) is 91.0 Å². The molecule has 0 unspecified atom stereocenters. The monoisotopic (exact) mass is 341 g/mol. The maximum Gasteiger partial charge on any atom is 0.251 e. The fraction of sp³-hybridized carbons (Fsp3) is 0.125. The minimum atomic E-state index is -0.0529. The van der Waals surface area contributed by atoms with Gasteiger partial charge in [-0.25, -0.2) is 0 Å². The van der Waals surface area contributed by atoms with Crippen molar-refractivity contribution in [1.29, 1.82) is 0 Å². The second-order valence-electron chi connectivity index (χ2n) is 6.36. The van der Waals surface area contributed by atoms with Crippen LogP contribution in [0.1, 0.15) is 29.5 Å². The summed E-state index contributed by atoms with van der Waals surface area (Å²) in [6.45, 7) is 2.72. The highest BCUT2D eigenvalue weighted by atomic mass is 16.1. The molecule has 3 aromatic rings. The quantitative estimate of drug-likeness (QED) is 0.488. The van der Waals surface area contributed by atoms with Crippen LogP contribution >= 0.6 is 0 Å². The highest BCUT2D eigenvalue weighted by Crippen LogP contribution is 2.19. The molecule has 3 aromatic carbocycles. The Kier molecular flexibility index (Phi) is 6.00. The Morgan fingerprint density at radius 2 is 1.38 bits per heavy atom. The van der Waals surface area contributed by atoms with E-state index < -0.39 is 0 Å². The lowest BCUT2D eigenvalue weighted by atomic mass is 9.99. The number of carbonyl (C=O) groups excluding carboxylic acids is 1. The zero-order valence-electron chi connectivity index (χ0n) is 14.9. The van der Waals surface area contributed by atoms with E-state index in [0.29, 0.717) is 12.1 Å². The summed E-state index contributed by atoms with van der Waals surface area (Å²) in [5.41, 5.74) is 3.83. The highest BCUT2D eigenvalue weighted by molar-refractivity contribution is 6.24. The molecule has 26 heavy (non-hydrogen) atoms. The van der Waals surface area contributed by atoms with E-state index in [-0.39, 0.29) is 11.8 Å². The number of benzene rings is 3. The molecule has 0 bridgehead atoms. The fourth-order valence-corrected chi connectivity index (χ4v) is 2.85. The fourth-order valence-electron chi connectivity index (χ4n) is 2.85. The summed E-state index contributed by atoms with van der Waals surface area (Å²) in [4.78, 5) is 12.9. The van der Waals surface area contributed by atoms with E-state index in [1.54, 1.807) is 0 Å². The molecule has 0 aromatic heterocycles. The van der Waals surface area contributed by atoms with Crippen molar-refractivity contribution < 1.29 is 4.79 Å². The summed E-state index contributed by atoms with van der Waals surface area (Å²) < 4.78 is 0. The molecule has 0 aliphatic rings. The van der Waals surface area contributed by atoms with Crippen LogP contribution in [0.4, 0.5) is 0 Å². The lowest BCUT2D eigenvalue weighted by Gasteiger charge is -2.15. The first-order valence-corrected chi connectivity index (χ1v) is 8.89. The van der Waals surface area contributed by atoms with Crippen LogP contribution in [-0.2, 0) is 4.79 Å². The molecular formula is C24H23NO. The van der Waals surface area contributed by atoms with E-state index in [1.807, 2.05) is 84.9 Å². The molecule has 0 saturated carbocycles. The molecule has 0 fully saturated rings. The van der Waals surface area contributed by atoms with Crippen LogP contribution in [0, 0.1) is 0 Å². The van der Waals surface area contributed by atoms with Gasteiger partial charge in [-0.05, 0) is 28.7 Å². The lowest BCUT2D eigenvalue weighted by molar-refractivity contribution is -0.115. The van der Waals surface area contributed by atoms with Gasteiger partial charge in [0.15, 0.2) is 0 Å². The second-order valence-corrected chi connectivity index (χ2v) is 6.36. The van der Waals surface area contributed by atoms with E-state index in [1.165, 1.54) is 5.56 Å². The van der Waals surface area contributed by atoms with Gasteiger partial charge in [0.1, 0.15) is 0 Å². The van der Waals surface area contributed by atoms with E-state index in [9.17, 15) is 4.79 Å². The molecule has 0 aliphatic carbocycles. The first-order valence-electron chi connectivity index (χ1n) is 8.89. The standard InChI is InChI=1S/C24H23NO/c1-19(21-13-7-3-8-14-21)18-25-24(26)23(22-15-9-4-10-16-22)17-20-11-5-2-6-12-20/h2-17,19H,18H2,1H3,(H,25,26)/b23-17+/t19-/m1/s1. The summed E-state index contributed by atoms with van der Waals surface area (Å²) >= 11 is 0. The van der Waals surface area contributed by atoms with Crippen molar-refractivity contribution in [2.75, 3.05) is 6.54 Å². The Labute approximate surface area is 155 Å². The molecule has 2 heteroatoms. The molecule has 3 rings (SSSR count). The molecule has 2 nitrogen and oxygen atoms in total. The van der Waals surface area contributed by atoms with Gasteiger partial charge in [-0.1, -0.05) is 97.9 Å². The summed E-state index contributed by atoms with van der Waals surface area (Å²) in [5.74, 6) is 0.205. The van der Waals surface area contributed by atoms with Gasteiger partial charge in [-0.3, -0.25) is 4.79 Å². The van der Waals surface area contributed by atoms with Gasteiger partial charge in [0.25, 0.3) is 5.91 Å². The van der Waals surface area contributed by atoms with Gasteiger partial charge in [0, 0.05) is 12.1 Å². The van der Waals surface area contributed by atoms with Crippen LogP contribution in [0.25, 0.3) is 11.6 Å².